The number of unbranched alkanes of at least 4 members (excludes halogenated alkanes) is 2. The summed E-state index contributed by atoms with van der Waals surface area (Å²) in [7, 11) is 1.50. The molecule has 5 heteroatoms. The summed E-state index contributed by atoms with van der Waals surface area (Å²) in [6.07, 6.45) is 12.6. The Morgan fingerprint density at radius 1 is 0.750 bits per heavy atom. The SMILES string of the molecule is CCCCCC1CCC(c2ccc(C3CCC(COc4ccc(OC)cc4F)CC3)c(F)c2F)CC1. The van der Waals surface area contributed by atoms with E-state index in [0.717, 1.165) is 57.3 Å². The van der Waals surface area contributed by atoms with E-state index < -0.39 is 17.5 Å². The number of hydrogen-bond acceptors (Lipinski definition) is 2. The summed E-state index contributed by atoms with van der Waals surface area (Å²) in [6, 6.07) is 8.27. The number of benzene rings is 2. The monoisotopic (exact) mass is 502 g/mol. The molecule has 0 heterocycles. The molecule has 0 atom stereocenters. The average Bonchev–Trinajstić information content (AvgIpc) is 2.90. The lowest BCUT2D eigenvalue weighted by Crippen LogP contribution is -2.21. The second kappa shape index (κ2) is 12.9. The van der Waals surface area contributed by atoms with Crippen molar-refractivity contribution in [3.8, 4) is 11.5 Å². The van der Waals surface area contributed by atoms with Gasteiger partial charge in [-0.15, -0.1) is 0 Å². The zero-order valence-corrected chi connectivity index (χ0v) is 21.8. The lowest BCUT2D eigenvalue weighted by molar-refractivity contribution is 0.193. The second-order valence-electron chi connectivity index (χ2n) is 10.9. The smallest absolute Gasteiger partial charge is 0.168 e. The van der Waals surface area contributed by atoms with E-state index in [0.29, 0.717) is 23.5 Å². The van der Waals surface area contributed by atoms with Crippen LogP contribution in [0.15, 0.2) is 30.3 Å². The molecule has 2 fully saturated rings. The minimum atomic E-state index is -0.641. The number of hydrogen-bond donors (Lipinski definition) is 0. The Balaban J connectivity index is 1.28. The standard InChI is InChI=1S/C31H41F3O2/c1-3-4-5-6-21-7-11-23(12-8-21)26-16-17-27(31(34)30(26)33)24-13-9-22(10-14-24)20-36-29-18-15-25(35-2)19-28(29)32/h15-19,21-24H,3-14,20H2,1-2H3. The molecule has 2 aromatic rings. The fourth-order valence-corrected chi connectivity index (χ4v) is 6.23. The summed E-state index contributed by atoms with van der Waals surface area (Å²) in [4.78, 5) is 0. The van der Waals surface area contributed by atoms with Gasteiger partial charge in [-0.05, 0) is 98.3 Å². The Kier molecular flexibility index (Phi) is 9.61. The molecule has 198 valence electrons. The summed E-state index contributed by atoms with van der Waals surface area (Å²) in [5.41, 5.74) is 1.09. The van der Waals surface area contributed by atoms with Crippen molar-refractivity contribution in [3.05, 3.63) is 58.9 Å². The molecule has 2 aromatic carbocycles. The van der Waals surface area contributed by atoms with E-state index in [1.54, 1.807) is 12.1 Å². The van der Waals surface area contributed by atoms with E-state index in [1.807, 2.05) is 12.1 Å². The first-order valence-corrected chi connectivity index (χ1v) is 13.9. The van der Waals surface area contributed by atoms with Crippen molar-refractivity contribution >= 4 is 0 Å². The predicted octanol–water partition coefficient (Wildman–Crippen LogP) is 9.32. The van der Waals surface area contributed by atoms with Gasteiger partial charge in [-0.2, -0.15) is 0 Å². The van der Waals surface area contributed by atoms with Crippen LogP contribution < -0.4 is 9.47 Å². The van der Waals surface area contributed by atoms with Crippen LogP contribution in [0.1, 0.15) is 107 Å². The average molecular weight is 503 g/mol. The lowest BCUT2D eigenvalue weighted by Gasteiger charge is -2.31. The van der Waals surface area contributed by atoms with Crippen molar-refractivity contribution in [1.29, 1.82) is 0 Å². The molecule has 36 heavy (non-hydrogen) atoms. The van der Waals surface area contributed by atoms with E-state index in [-0.39, 0.29) is 23.5 Å². The van der Waals surface area contributed by atoms with Gasteiger partial charge >= 0.3 is 0 Å². The van der Waals surface area contributed by atoms with Gasteiger partial charge in [0.25, 0.3) is 0 Å². The molecule has 2 aliphatic carbocycles. The maximum Gasteiger partial charge on any atom is 0.168 e. The molecule has 0 radical (unpaired) electrons. The largest absolute Gasteiger partial charge is 0.497 e. The number of halogens is 3. The molecular formula is C31H41F3O2. The molecule has 2 nitrogen and oxygen atoms in total. The summed E-state index contributed by atoms with van der Waals surface area (Å²) in [5, 5.41) is 0. The summed E-state index contributed by atoms with van der Waals surface area (Å²) >= 11 is 0. The highest BCUT2D eigenvalue weighted by atomic mass is 19.2. The first kappa shape index (κ1) is 26.9. The van der Waals surface area contributed by atoms with Crippen LogP contribution in [0.25, 0.3) is 0 Å². The van der Waals surface area contributed by atoms with Crippen molar-refractivity contribution in [3.63, 3.8) is 0 Å². The van der Waals surface area contributed by atoms with Gasteiger partial charge in [0.2, 0.25) is 0 Å². The van der Waals surface area contributed by atoms with Gasteiger partial charge in [0.1, 0.15) is 5.75 Å². The van der Waals surface area contributed by atoms with Crippen molar-refractivity contribution in [2.75, 3.05) is 13.7 Å². The topological polar surface area (TPSA) is 18.5 Å². The van der Waals surface area contributed by atoms with Crippen molar-refractivity contribution in [2.45, 2.75) is 95.8 Å². The third kappa shape index (κ3) is 6.58. The van der Waals surface area contributed by atoms with Crippen LogP contribution in [-0.4, -0.2) is 13.7 Å². The van der Waals surface area contributed by atoms with E-state index in [1.165, 1.54) is 38.9 Å². The van der Waals surface area contributed by atoms with Gasteiger partial charge in [-0.1, -0.05) is 44.7 Å². The summed E-state index contributed by atoms with van der Waals surface area (Å²) in [5.74, 6) is 0.166. The molecule has 0 N–H and O–H groups in total. The van der Waals surface area contributed by atoms with Gasteiger partial charge in [-0.25, -0.2) is 13.2 Å². The van der Waals surface area contributed by atoms with Crippen molar-refractivity contribution in [1.82, 2.24) is 0 Å². The highest BCUT2D eigenvalue weighted by Gasteiger charge is 2.30. The second-order valence-corrected chi connectivity index (χ2v) is 10.9. The van der Waals surface area contributed by atoms with Crippen molar-refractivity contribution < 1.29 is 22.6 Å². The van der Waals surface area contributed by atoms with E-state index >= 15 is 8.78 Å². The molecule has 2 aliphatic rings. The van der Waals surface area contributed by atoms with Crippen molar-refractivity contribution in [2.24, 2.45) is 11.8 Å². The number of ether oxygens (including phenoxy) is 2. The fourth-order valence-electron chi connectivity index (χ4n) is 6.23. The zero-order valence-electron chi connectivity index (χ0n) is 21.8. The summed E-state index contributed by atoms with van der Waals surface area (Å²) < 4.78 is 55.3. The number of methoxy groups -OCH3 is 1. The third-order valence-electron chi connectivity index (χ3n) is 8.54. The van der Waals surface area contributed by atoms with Crippen LogP contribution in [-0.2, 0) is 0 Å². The minimum Gasteiger partial charge on any atom is -0.497 e. The minimum absolute atomic E-state index is 0.0248. The van der Waals surface area contributed by atoms with Crippen LogP contribution in [0.2, 0.25) is 0 Å². The fraction of sp³-hybridized carbons (Fsp3) is 0.613. The van der Waals surface area contributed by atoms with Crippen LogP contribution in [0, 0.1) is 29.3 Å². The van der Waals surface area contributed by atoms with Crippen LogP contribution in [0.5, 0.6) is 11.5 Å². The Bertz CT molecular complexity index is 976. The normalized spacial score (nSPS) is 24.5. The zero-order chi connectivity index (χ0) is 25.5. The number of rotatable bonds is 10. The first-order valence-electron chi connectivity index (χ1n) is 13.9. The van der Waals surface area contributed by atoms with Crippen LogP contribution in [0.3, 0.4) is 0 Å². The molecule has 0 spiro atoms. The Labute approximate surface area is 214 Å². The Morgan fingerprint density at radius 2 is 1.33 bits per heavy atom. The highest BCUT2D eigenvalue weighted by molar-refractivity contribution is 5.33. The molecule has 0 amide bonds. The summed E-state index contributed by atoms with van der Waals surface area (Å²) in [6.45, 7) is 2.65. The lowest BCUT2D eigenvalue weighted by atomic mass is 9.75. The van der Waals surface area contributed by atoms with Gasteiger partial charge in [-0.3, -0.25) is 0 Å². The molecule has 0 unspecified atom stereocenters. The maximum atomic E-state index is 15.2. The van der Waals surface area contributed by atoms with E-state index in [2.05, 4.69) is 6.92 Å². The molecule has 0 aliphatic heterocycles. The molecule has 2 saturated carbocycles. The molecule has 0 bridgehead atoms. The predicted molar refractivity (Wildman–Crippen MR) is 138 cm³/mol. The van der Waals surface area contributed by atoms with E-state index in [9.17, 15) is 4.39 Å². The van der Waals surface area contributed by atoms with Gasteiger partial charge in [0.05, 0.1) is 13.7 Å². The van der Waals surface area contributed by atoms with E-state index in [4.69, 9.17) is 9.47 Å². The molecule has 4 rings (SSSR count). The Morgan fingerprint density at radius 3 is 1.86 bits per heavy atom. The van der Waals surface area contributed by atoms with Gasteiger partial charge in [0.15, 0.2) is 23.2 Å². The molecule has 0 saturated heterocycles. The highest BCUT2D eigenvalue weighted by Crippen LogP contribution is 2.42. The van der Waals surface area contributed by atoms with Crippen LogP contribution >= 0.6 is 0 Å². The quantitative estimate of drug-likeness (QED) is 0.301. The van der Waals surface area contributed by atoms with Gasteiger partial charge < -0.3 is 9.47 Å². The third-order valence-corrected chi connectivity index (χ3v) is 8.54. The first-order chi connectivity index (χ1) is 17.5. The molecular weight excluding hydrogens is 461 g/mol. The maximum absolute atomic E-state index is 15.2. The van der Waals surface area contributed by atoms with Crippen LogP contribution in [0.4, 0.5) is 13.2 Å². The van der Waals surface area contributed by atoms with Gasteiger partial charge in [0, 0.05) is 6.07 Å². The Hall–Kier alpha value is -2.17. The molecule has 0 aromatic heterocycles.